The maximum atomic E-state index is 13.7. The van der Waals surface area contributed by atoms with E-state index in [0.29, 0.717) is 102 Å². The van der Waals surface area contributed by atoms with E-state index in [-0.39, 0.29) is 17.3 Å². The molecule has 0 amide bonds. The molecule has 0 saturated carbocycles. The highest BCUT2D eigenvalue weighted by molar-refractivity contribution is 7.46. The minimum atomic E-state index is -4.86. The summed E-state index contributed by atoms with van der Waals surface area (Å²) in [5, 5.41) is 17.1. The Balaban J connectivity index is 1.33. The van der Waals surface area contributed by atoms with E-state index in [9.17, 15) is 23.8 Å². The number of halogens is 2. The molecule has 1 aliphatic heterocycles. The topological polar surface area (TPSA) is 165 Å². The van der Waals surface area contributed by atoms with Crippen molar-refractivity contribution in [3.8, 4) is 17.2 Å². The van der Waals surface area contributed by atoms with Crippen LogP contribution in [0.4, 0.5) is 15.9 Å². The van der Waals surface area contributed by atoms with Crippen molar-refractivity contribution in [2.24, 2.45) is 0 Å². The quantitative estimate of drug-likeness (QED) is 0.0658. The summed E-state index contributed by atoms with van der Waals surface area (Å²) in [6.07, 6.45) is 1.17. The predicted molar refractivity (Wildman–Crippen MR) is 178 cm³/mol. The molecular formula is C32H39ClFN5O8P+. The standard InChI is InChI=1S/C32H38ClFN5O8P/c1-35-18-28(40)21-4-5-22(29(14-21)47-48(41,42)43)19-39(9-12-45-13-10-39)8-3-11-46-31-16-24-27(17-30(31)44-2)36-20-37-32(24)38-23-6-7-26(34)25(33)15-23/h4-7,14-17,20,28,35,40H,3,8-13,18-19H2,1-2H3,(H2-,36,37,38,41,42,43)/p+1. The molecule has 1 saturated heterocycles. The highest BCUT2D eigenvalue weighted by Crippen LogP contribution is 2.41. The van der Waals surface area contributed by atoms with Gasteiger partial charge in [-0.2, -0.15) is 0 Å². The first-order chi connectivity index (χ1) is 23.0. The minimum Gasteiger partial charge on any atom is -0.493 e. The molecule has 3 aromatic carbocycles. The Kier molecular flexibility index (Phi) is 11.7. The molecule has 0 aliphatic carbocycles. The molecule has 4 aromatic rings. The average Bonchev–Trinajstić information content (AvgIpc) is 3.05. The Morgan fingerprint density at radius 3 is 2.58 bits per heavy atom. The molecule has 0 radical (unpaired) electrons. The molecule has 5 rings (SSSR count). The van der Waals surface area contributed by atoms with Gasteiger partial charge in [-0.1, -0.05) is 17.7 Å². The molecule has 1 aliphatic rings. The van der Waals surface area contributed by atoms with Crippen molar-refractivity contribution in [1.29, 1.82) is 0 Å². The number of hydrogen-bond donors (Lipinski definition) is 5. The number of nitrogens with one attached hydrogen (secondary N) is 2. The lowest BCUT2D eigenvalue weighted by Gasteiger charge is -2.41. The third-order valence-electron chi connectivity index (χ3n) is 8.15. The molecular weight excluding hydrogens is 668 g/mol. The fraction of sp³-hybridized carbons (Fsp3) is 0.375. The second-order valence-corrected chi connectivity index (χ2v) is 13.1. The number of morpholine rings is 1. The van der Waals surface area contributed by atoms with Gasteiger partial charge >= 0.3 is 7.82 Å². The van der Waals surface area contributed by atoms with Crippen molar-refractivity contribution in [3.63, 3.8) is 0 Å². The fourth-order valence-corrected chi connectivity index (χ4v) is 6.32. The molecule has 2 heterocycles. The van der Waals surface area contributed by atoms with Crippen LogP contribution in [0.2, 0.25) is 5.02 Å². The summed E-state index contributed by atoms with van der Waals surface area (Å²) in [6.45, 7) is 4.14. The smallest absolute Gasteiger partial charge is 0.493 e. The number of aliphatic hydroxyl groups excluding tert-OH is 1. The summed E-state index contributed by atoms with van der Waals surface area (Å²) < 4.78 is 48.7. The lowest BCUT2D eigenvalue weighted by molar-refractivity contribution is -0.947. The molecule has 5 N–H and O–H groups in total. The molecule has 0 spiro atoms. The summed E-state index contributed by atoms with van der Waals surface area (Å²) in [5.74, 6) is 0.968. The number of aliphatic hydroxyl groups is 1. The van der Waals surface area contributed by atoms with Crippen molar-refractivity contribution >= 4 is 41.8 Å². The number of phosphoric ester groups is 1. The van der Waals surface area contributed by atoms with E-state index in [4.69, 9.17) is 30.3 Å². The highest BCUT2D eigenvalue weighted by atomic mass is 35.5. The minimum absolute atomic E-state index is 0.0179. The van der Waals surface area contributed by atoms with Gasteiger partial charge in [-0.15, -0.1) is 0 Å². The van der Waals surface area contributed by atoms with Gasteiger partial charge in [-0.3, -0.25) is 9.79 Å². The lowest BCUT2D eigenvalue weighted by Crippen LogP contribution is -2.55. The zero-order valence-corrected chi connectivity index (χ0v) is 28.2. The zero-order chi connectivity index (χ0) is 34.3. The molecule has 258 valence electrons. The van der Waals surface area contributed by atoms with Crippen molar-refractivity contribution in [3.05, 3.63) is 76.8 Å². The summed E-state index contributed by atoms with van der Waals surface area (Å²) >= 11 is 5.97. The summed E-state index contributed by atoms with van der Waals surface area (Å²) in [5.41, 5.74) is 2.26. The number of anilines is 2. The first-order valence-electron chi connectivity index (χ1n) is 15.3. The number of hydrogen-bond acceptors (Lipinski definition) is 10. The van der Waals surface area contributed by atoms with Gasteiger partial charge < -0.3 is 39.0 Å². The second kappa shape index (κ2) is 15.7. The van der Waals surface area contributed by atoms with Crippen LogP contribution in [0, 0.1) is 5.82 Å². The fourth-order valence-electron chi connectivity index (χ4n) is 5.71. The van der Waals surface area contributed by atoms with Crippen LogP contribution in [0.3, 0.4) is 0 Å². The number of aromatic nitrogens is 2. The van der Waals surface area contributed by atoms with Crippen LogP contribution in [-0.2, 0) is 15.8 Å². The SMILES string of the molecule is CNCC(O)c1ccc(C[N+]2(CCCOc3cc4c(Nc5ccc(F)c(Cl)c5)ncnc4cc3OC)CCOCC2)c(OP(=O)(O)O)c1. The van der Waals surface area contributed by atoms with Gasteiger partial charge in [0.1, 0.15) is 43.3 Å². The van der Waals surface area contributed by atoms with Crippen molar-refractivity contribution in [2.75, 3.05) is 65.5 Å². The number of benzene rings is 3. The predicted octanol–water partition coefficient (Wildman–Crippen LogP) is 4.71. The first-order valence-corrected chi connectivity index (χ1v) is 17.2. The number of nitrogens with zero attached hydrogens (tertiary/aromatic N) is 3. The van der Waals surface area contributed by atoms with Crippen LogP contribution < -0.4 is 24.6 Å². The van der Waals surface area contributed by atoms with E-state index < -0.39 is 19.7 Å². The Labute approximate surface area is 282 Å². The lowest BCUT2D eigenvalue weighted by atomic mass is 10.0. The molecule has 1 atom stereocenters. The van der Waals surface area contributed by atoms with Crippen LogP contribution in [-0.4, -0.2) is 89.5 Å². The summed E-state index contributed by atoms with van der Waals surface area (Å²) in [6, 6.07) is 12.8. The van der Waals surface area contributed by atoms with Crippen LogP contribution in [0.1, 0.15) is 23.7 Å². The Hall–Kier alpha value is -3.59. The number of quaternary nitrogens is 1. The van der Waals surface area contributed by atoms with E-state index in [1.807, 2.05) is 0 Å². The van der Waals surface area contributed by atoms with Gasteiger partial charge in [0.25, 0.3) is 0 Å². The van der Waals surface area contributed by atoms with Gasteiger partial charge in [0.2, 0.25) is 0 Å². The highest BCUT2D eigenvalue weighted by Gasteiger charge is 2.33. The average molecular weight is 707 g/mol. The van der Waals surface area contributed by atoms with E-state index in [0.717, 1.165) is 0 Å². The number of methoxy groups -OCH3 is 1. The third-order valence-corrected chi connectivity index (χ3v) is 8.88. The molecule has 16 heteroatoms. The number of phosphoric acid groups is 1. The largest absolute Gasteiger partial charge is 0.524 e. The molecule has 13 nitrogen and oxygen atoms in total. The zero-order valence-electron chi connectivity index (χ0n) is 26.6. The monoisotopic (exact) mass is 706 g/mol. The molecule has 1 aromatic heterocycles. The van der Waals surface area contributed by atoms with Crippen LogP contribution >= 0.6 is 19.4 Å². The Bertz CT molecular complexity index is 1770. The molecule has 0 bridgehead atoms. The van der Waals surface area contributed by atoms with Gasteiger partial charge in [0.15, 0.2) is 11.5 Å². The van der Waals surface area contributed by atoms with Gasteiger partial charge in [-0.05, 0) is 49.0 Å². The van der Waals surface area contributed by atoms with Crippen molar-refractivity contribution in [2.45, 2.75) is 19.1 Å². The van der Waals surface area contributed by atoms with Gasteiger partial charge in [-0.25, -0.2) is 18.9 Å². The van der Waals surface area contributed by atoms with E-state index >= 15 is 0 Å². The number of fused-ring (bicyclic) bond motifs is 1. The summed E-state index contributed by atoms with van der Waals surface area (Å²) in [7, 11) is -1.62. The maximum Gasteiger partial charge on any atom is 0.524 e. The number of ether oxygens (including phenoxy) is 3. The number of rotatable bonds is 15. The van der Waals surface area contributed by atoms with E-state index in [2.05, 4.69) is 20.6 Å². The maximum absolute atomic E-state index is 13.7. The van der Waals surface area contributed by atoms with Crippen molar-refractivity contribution in [1.82, 2.24) is 15.3 Å². The van der Waals surface area contributed by atoms with Gasteiger partial charge in [0, 0.05) is 35.7 Å². The molecule has 48 heavy (non-hydrogen) atoms. The van der Waals surface area contributed by atoms with Crippen LogP contribution in [0.15, 0.2) is 54.9 Å². The number of likely N-dealkylation sites (N-methyl/N-ethyl adjacent to an activating group) is 1. The van der Waals surface area contributed by atoms with Crippen molar-refractivity contribution < 1.29 is 47.1 Å². The Morgan fingerprint density at radius 1 is 1.08 bits per heavy atom. The van der Waals surface area contributed by atoms with E-state index in [1.165, 1.54) is 24.5 Å². The Morgan fingerprint density at radius 2 is 1.88 bits per heavy atom. The van der Waals surface area contributed by atoms with Gasteiger partial charge in [0.05, 0.1) is 50.1 Å². The van der Waals surface area contributed by atoms with E-state index in [1.54, 1.807) is 44.5 Å². The van der Waals surface area contributed by atoms with Crippen LogP contribution in [0.25, 0.3) is 10.9 Å². The normalized spacial score (nSPS) is 15.2. The molecule has 1 fully saturated rings. The first kappa shape index (κ1) is 35.7. The summed E-state index contributed by atoms with van der Waals surface area (Å²) in [4.78, 5) is 28.0. The molecule has 1 unspecified atom stereocenters. The second-order valence-electron chi connectivity index (χ2n) is 11.5. The van der Waals surface area contributed by atoms with Crippen LogP contribution in [0.5, 0.6) is 17.2 Å². The third kappa shape index (κ3) is 9.10.